The van der Waals surface area contributed by atoms with Gasteiger partial charge in [0.25, 0.3) is 0 Å². The van der Waals surface area contributed by atoms with E-state index in [1.54, 1.807) is 0 Å². The van der Waals surface area contributed by atoms with Crippen LogP contribution in [0.2, 0.25) is 0 Å². The summed E-state index contributed by atoms with van der Waals surface area (Å²) in [4.78, 5) is 24.0. The van der Waals surface area contributed by atoms with Gasteiger partial charge in [-0.05, 0) is 18.4 Å². The lowest BCUT2D eigenvalue weighted by atomic mass is 9.96. The molecule has 2 amide bonds. The molecule has 0 spiro atoms. The number of carbonyl (C=O) groups excluding carboxylic acids is 1. The van der Waals surface area contributed by atoms with Crippen molar-refractivity contribution < 1.29 is 19.4 Å². The Labute approximate surface area is 117 Å². The highest BCUT2D eigenvalue weighted by atomic mass is 16.5. The van der Waals surface area contributed by atoms with Crippen molar-refractivity contribution in [2.24, 2.45) is 5.73 Å². The minimum Gasteiger partial charge on any atom is -0.465 e. The van der Waals surface area contributed by atoms with Crippen molar-refractivity contribution in [3.8, 4) is 0 Å². The van der Waals surface area contributed by atoms with Crippen LogP contribution in [-0.2, 0) is 16.1 Å². The summed E-state index contributed by atoms with van der Waals surface area (Å²) in [6, 6.07) is 9.49. The predicted octanol–water partition coefficient (Wildman–Crippen LogP) is 1.20. The van der Waals surface area contributed by atoms with Crippen LogP contribution in [0.25, 0.3) is 0 Å². The molecule has 1 atom stereocenters. The van der Waals surface area contributed by atoms with Gasteiger partial charge in [0.2, 0.25) is 5.91 Å². The molecule has 108 valence electrons. The van der Waals surface area contributed by atoms with Crippen LogP contribution in [0.4, 0.5) is 4.79 Å². The van der Waals surface area contributed by atoms with Gasteiger partial charge in [0.1, 0.15) is 5.54 Å². The maximum absolute atomic E-state index is 11.7. The summed E-state index contributed by atoms with van der Waals surface area (Å²) in [6.07, 6.45) is -0.113. The van der Waals surface area contributed by atoms with Crippen molar-refractivity contribution in [3.05, 3.63) is 35.9 Å². The van der Waals surface area contributed by atoms with E-state index in [0.717, 1.165) is 10.5 Å². The first kappa shape index (κ1) is 14.3. The lowest BCUT2D eigenvalue weighted by Gasteiger charge is -2.33. The van der Waals surface area contributed by atoms with Gasteiger partial charge in [-0.3, -0.25) is 9.69 Å². The van der Waals surface area contributed by atoms with Crippen molar-refractivity contribution in [2.45, 2.75) is 25.0 Å². The van der Waals surface area contributed by atoms with E-state index in [1.165, 1.54) is 0 Å². The van der Waals surface area contributed by atoms with Crippen LogP contribution in [-0.4, -0.2) is 40.7 Å². The van der Waals surface area contributed by atoms with Crippen molar-refractivity contribution in [1.29, 1.82) is 0 Å². The number of primary amides is 1. The van der Waals surface area contributed by atoms with Crippen LogP contribution in [0.5, 0.6) is 0 Å². The molecule has 1 aliphatic rings. The third-order valence-electron chi connectivity index (χ3n) is 3.63. The standard InChI is InChI=1S/C14H18N2O4/c15-12(17)14(7-4-8-16(14)13(18)19)10-20-9-11-5-2-1-3-6-11/h1-3,5-6H,4,7-10H2,(H2,15,17)(H,18,19). The second kappa shape index (κ2) is 5.92. The summed E-state index contributed by atoms with van der Waals surface area (Å²) in [5.41, 5.74) is 5.15. The van der Waals surface area contributed by atoms with E-state index in [1.807, 2.05) is 30.3 Å². The largest absolute Gasteiger partial charge is 0.465 e. The highest BCUT2D eigenvalue weighted by Crippen LogP contribution is 2.30. The number of carbonyl (C=O) groups is 2. The Hall–Kier alpha value is -2.08. The fourth-order valence-corrected chi connectivity index (χ4v) is 2.55. The van der Waals surface area contributed by atoms with E-state index in [4.69, 9.17) is 10.5 Å². The summed E-state index contributed by atoms with van der Waals surface area (Å²) in [5, 5.41) is 9.18. The van der Waals surface area contributed by atoms with Crippen molar-refractivity contribution in [2.75, 3.05) is 13.2 Å². The average Bonchev–Trinajstić information content (AvgIpc) is 2.85. The van der Waals surface area contributed by atoms with E-state index < -0.39 is 17.5 Å². The minimum atomic E-state index is -1.24. The molecule has 0 radical (unpaired) electrons. The molecule has 20 heavy (non-hydrogen) atoms. The smallest absolute Gasteiger partial charge is 0.408 e. The van der Waals surface area contributed by atoms with E-state index in [9.17, 15) is 14.7 Å². The lowest BCUT2D eigenvalue weighted by molar-refractivity contribution is -0.131. The van der Waals surface area contributed by atoms with Gasteiger partial charge in [-0.15, -0.1) is 0 Å². The van der Waals surface area contributed by atoms with Crippen LogP contribution in [0, 0.1) is 0 Å². The van der Waals surface area contributed by atoms with Gasteiger partial charge in [0.05, 0.1) is 13.2 Å². The molecule has 0 aliphatic carbocycles. The van der Waals surface area contributed by atoms with Gasteiger partial charge in [-0.25, -0.2) is 4.79 Å². The SMILES string of the molecule is NC(=O)C1(COCc2ccccc2)CCCN1C(=O)O. The third-order valence-corrected chi connectivity index (χ3v) is 3.63. The lowest BCUT2D eigenvalue weighted by Crippen LogP contribution is -2.58. The molecule has 3 N–H and O–H groups in total. The van der Waals surface area contributed by atoms with Crippen molar-refractivity contribution in [3.63, 3.8) is 0 Å². The van der Waals surface area contributed by atoms with Gasteiger partial charge >= 0.3 is 6.09 Å². The quantitative estimate of drug-likeness (QED) is 0.846. The Bertz CT molecular complexity index is 491. The number of rotatable bonds is 5. The number of hydrogen-bond acceptors (Lipinski definition) is 3. The van der Waals surface area contributed by atoms with Gasteiger partial charge in [-0.2, -0.15) is 0 Å². The number of benzene rings is 1. The van der Waals surface area contributed by atoms with Crippen LogP contribution in [0.1, 0.15) is 18.4 Å². The molecule has 2 rings (SSSR count). The third kappa shape index (κ3) is 2.75. The molecule has 1 aromatic rings. The van der Waals surface area contributed by atoms with E-state index in [2.05, 4.69) is 0 Å². The van der Waals surface area contributed by atoms with Crippen LogP contribution < -0.4 is 5.73 Å². The molecule has 0 bridgehead atoms. The number of hydrogen-bond donors (Lipinski definition) is 2. The number of ether oxygens (including phenoxy) is 1. The highest BCUT2D eigenvalue weighted by Gasteiger charge is 2.49. The molecule has 1 aliphatic heterocycles. The average molecular weight is 278 g/mol. The second-order valence-electron chi connectivity index (χ2n) is 4.91. The van der Waals surface area contributed by atoms with Crippen molar-refractivity contribution in [1.82, 2.24) is 4.90 Å². The van der Waals surface area contributed by atoms with Crippen LogP contribution >= 0.6 is 0 Å². The number of nitrogens with two attached hydrogens (primary N) is 1. The molecule has 1 fully saturated rings. The fraction of sp³-hybridized carbons (Fsp3) is 0.429. The molecule has 1 heterocycles. The molecule has 0 saturated carbocycles. The van der Waals surface area contributed by atoms with Crippen LogP contribution in [0.15, 0.2) is 30.3 Å². The fourth-order valence-electron chi connectivity index (χ4n) is 2.55. The first-order valence-corrected chi connectivity index (χ1v) is 6.48. The Balaban J connectivity index is 2.03. The molecule has 1 unspecified atom stereocenters. The predicted molar refractivity (Wildman–Crippen MR) is 72.0 cm³/mol. The van der Waals surface area contributed by atoms with Gasteiger partial charge in [0.15, 0.2) is 0 Å². The van der Waals surface area contributed by atoms with E-state index in [0.29, 0.717) is 26.0 Å². The maximum Gasteiger partial charge on any atom is 0.408 e. The highest BCUT2D eigenvalue weighted by molar-refractivity contribution is 5.89. The Morgan fingerprint density at radius 3 is 2.65 bits per heavy atom. The molecule has 0 aromatic heterocycles. The molecular formula is C14H18N2O4. The summed E-state index contributed by atoms with van der Waals surface area (Å²) < 4.78 is 5.54. The molecular weight excluding hydrogens is 260 g/mol. The number of carboxylic acid groups (broad SMARTS) is 1. The van der Waals surface area contributed by atoms with E-state index >= 15 is 0 Å². The van der Waals surface area contributed by atoms with Gasteiger partial charge < -0.3 is 15.6 Å². The normalized spacial score (nSPS) is 21.9. The van der Waals surface area contributed by atoms with Crippen molar-refractivity contribution >= 4 is 12.0 Å². The number of nitrogens with zero attached hydrogens (tertiary/aromatic N) is 1. The maximum atomic E-state index is 11.7. The monoisotopic (exact) mass is 278 g/mol. The summed E-state index contributed by atoms with van der Waals surface area (Å²) in [7, 11) is 0. The Morgan fingerprint density at radius 1 is 1.35 bits per heavy atom. The minimum absolute atomic E-state index is 0.0104. The Kier molecular flexibility index (Phi) is 4.24. The van der Waals surface area contributed by atoms with E-state index in [-0.39, 0.29) is 6.61 Å². The summed E-state index contributed by atoms with van der Waals surface area (Å²) >= 11 is 0. The second-order valence-corrected chi connectivity index (χ2v) is 4.91. The molecule has 1 aromatic carbocycles. The Morgan fingerprint density at radius 2 is 2.05 bits per heavy atom. The molecule has 1 saturated heterocycles. The zero-order valence-electron chi connectivity index (χ0n) is 11.1. The van der Waals surface area contributed by atoms with Crippen LogP contribution in [0.3, 0.4) is 0 Å². The zero-order valence-corrected chi connectivity index (χ0v) is 11.1. The summed E-state index contributed by atoms with van der Waals surface area (Å²) in [5.74, 6) is -0.648. The number of likely N-dealkylation sites (tertiary alicyclic amines) is 1. The zero-order chi connectivity index (χ0) is 14.6. The van der Waals surface area contributed by atoms with Gasteiger partial charge in [-0.1, -0.05) is 30.3 Å². The first-order valence-electron chi connectivity index (χ1n) is 6.48. The first-order chi connectivity index (χ1) is 9.56. The molecule has 6 heteroatoms. The van der Waals surface area contributed by atoms with Gasteiger partial charge in [0, 0.05) is 6.54 Å². The number of amides is 2. The molecule has 6 nitrogen and oxygen atoms in total. The summed E-state index contributed by atoms with van der Waals surface area (Å²) in [6.45, 7) is 0.625. The topological polar surface area (TPSA) is 92.9 Å².